The zero-order chi connectivity index (χ0) is 20.1. The Labute approximate surface area is 169 Å². The molecule has 1 aliphatic heterocycles. The van der Waals surface area contributed by atoms with Crippen LogP contribution >= 0.6 is 11.8 Å². The van der Waals surface area contributed by atoms with Gasteiger partial charge in [0.2, 0.25) is 11.8 Å². The Hall–Kier alpha value is -2.32. The molecule has 8 heteroatoms. The molecule has 1 fully saturated rings. The third kappa shape index (κ3) is 5.36. The Bertz CT molecular complexity index is 944. The Morgan fingerprint density at radius 1 is 1.11 bits per heavy atom. The van der Waals surface area contributed by atoms with Crippen LogP contribution in [0.5, 0.6) is 0 Å². The molecule has 6 nitrogen and oxygen atoms in total. The van der Waals surface area contributed by atoms with Crippen molar-refractivity contribution in [2.45, 2.75) is 24.3 Å². The fourth-order valence-electron chi connectivity index (χ4n) is 3.18. The molecule has 1 aliphatic rings. The van der Waals surface area contributed by atoms with Crippen molar-refractivity contribution in [1.82, 2.24) is 0 Å². The number of carbonyl (C=O) groups is 2. The molecule has 0 aliphatic carbocycles. The summed E-state index contributed by atoms with van der Waals surface area (Å²) in [5.74, 6) is 0.0607. The van der Waals surface area contributed by atoms with Gasteiger partial charge in [0, 0.05) is 23.2 Å². The number of nitrogens with zero attached hydrogens (tertiary/aromatic N) is 1. The van der Waals surface area contributed by atoms with Crippen LogP contribution in [0.25, 0.3) is 0 Å². The predicted molar refractivity (Wildman–Crippen MR) is 112 cm³/mol. The zero-order valence-corrected chi connectivity index (χ0v) is 17.1. The minimum absolute atomic E-state index is 0.00368. The molecular weight excluding hydrogens is 396 g/mol. The van der Waals surface area contributed by atoms with Crippen molar-refractivity contribution in [3.8, 4) is 0 Å². The van der Waals surface area contributed by atoms with E-state index in [0.717, 1.165) is 10.6 Å². The Morgan fingerprint density at radius 2 is 1.79 bits per heavy atom. The first-order valence-corrected chi connectivity index (χ1v) is 11.7. The van der Waals surface area contributed by atoms with E-state index >= 15 is 0 Å². The number of anilines is 2. The third-order valence-electron chi connectivity index (χ3n) is 4.41. The summed E-state index contributed by atoms with van der Waals surface area (Å²) in [5.41, 5.74) is 1.42. The Morgan fingerprint density at radius 3 is 2.36 bits per heavy atom. The molecule has 3 rings (SSSR count). The lowest BCUT2D eigenvalue weighted by molar-refractivity contribution is -0.116. The maximum Gasteiger partial charge on any atom is 0.237 e. The van der Waals surface area contributed by atoms with E-state index in [1.807, 2.05) is 42.5 Å². The molecular formula is C20H22N2O4S2. The number of sulfone groups is 1. The molecule has 0 saturated carbocycles. The molecule has 1 saturated heterocycles. The fourth-order valence-corrected chi connectivity index (χ4v) is 5.64. The Kier molecular flexibility index (Phi) is 6.41. The first-order chi connectivity index (χ1) is 13.3. The number of amides is 2. The van der Waals surface area contributed by atoms with Crippen LogP contribution < -0.4 is 10.2 Å². The van der Waals surface area contributed by atoms with E-state index < -0.39 is 9.84 Å². The topological polar surface area (TPSA) is 83.6 Å². The summed E-state index contributed by atoms with van der Waals surface area (Å²) >= 11 is 1.38. The lowest BCUT2D eigenvalue weighted by atomic mass is 10.2. The van der Waals surface area contributed by atoms with Gasteiger partial charge in [-0.05, 0) is 42.8 Å². The van der Waals surface area contributed by atoms with Gasteiger partial charge < -0.3 is 10.2 Å². The van der Waals surface area contributed by atoms with Crippen molar-refractivity contribution in [2.75, 3.05) is 27.5 Å². The zero-order valence-electron chi connectivity index (χ0n) is 15.5. The van der Waals surface area contributed by atoms with Crippen LogP contribution in [0.15, 0.2) is 59.5 Å². The quantitative estimate of drug-likeness (QED) is 0.729. The van der Waals surface area contributed by atoms with Crippen molar-refractivity contribution < 1.29 is 18.0 Å². The van der Waals surface area contributed by atoms with Crippen LogP contribution in [-0.2, 0) is 19.4 Å². The van der Waals surface area contributed by atoms with E-state index in [1.165, 1.54) is 18.7 Å². The van der Waals surface area contributed by atoms with Gasteiger partial charge in [0.1, 0.15) is 0 Å². The van der Waals surface area contributed by atoms with E-state index in [0.29, 0.717) is 12.1 Å². The minimum Gasteiger partial charge on any atom is -0.326 e. The van der Waals surface area contributed by atoms with Gasteiger partial charge in [-0.2, -0.15) is 0 Å². The average Bonchev–Trinajstić information content (AvgIpc) is 3.01. The fraction of sp³-hybridized carbons (Fsp3) is 0.300. The largest absolute Gasteiger partial charge is 0.326 e. The number of hydrogen-bond donors (Lipinski definition) is 1. The summed E-state index contributed by atoms with van der Waals surface area (Å²) in [5, 5.41) is 2.70. The number of hydrogen-bond acceptors (Lipinski definition) is 5. The van der Waals surface area contributed by atoms with Gasteiger partial charge in [-0.15, -0.1) is 11.8 Å². The number of carbonyl (C=O) groups excluding carboxylic acids is 2. The minimum atomic E-state index is -3.10. The molecule has 1 heterocycles. The predicted octanol–water partition coefficient (Wildman–Crippen LogP) is 2.96. The molecule has 2 aromatic carbocycles. The second kappa shape index (κ2) is 8.79. The number of nitrogens with one attached hydrogen (secondary N) is 1. The van der Waals surface area contributed by atoms with E-state index in [9.17, 15) is 18.0 Å². The molecule has 1 atom stereocenters. The van der Waals surface area contributed by atoms with Gasteiger partial charge in [0.25, 0.3) is 0 Å². The van der Waals surface area contributed by atoms with Crippen LogP contribution in [0.2, 0.25) is 0 Å². The highest BCUT2D eigenvalue weighted by Gasteiger charge is 2.35. The summed E-state index contributed by atoms with van der Waals surface area (Å²) < 4.78 is 23.8. The van der Waals surface area contributed by atoms with Gasteiger partial charge in [-0.1, -0.05) is 18.2 Å². The second-order valence-electron chi connectivity index (χ2n) is 6.65. The van der Waals surface area contributed by atoms with Crippen LogP contribution in [-0.4, -0.2) is 43.5 Å². The average molecular weight is 419 g/mol. The molecule has 28 heavy (non-hydrogen) atoms. The molecule has 0 radical (unpaired) electrons. The lowest BCUT2D eigenvalue weighted by Crippen LogP contribution is -2.42. The number of benzene rings is 2. The Balaban J connectivity index is 1.70. The van der Waals surface area contributed by atoms with E-state index in [-0.39, 0.29) is 35.1 Å². The van der Waals surface area contributed by atoms with Crippen molar-refractivity contribution in [2.24, 2.45) is 0 Å². The standard InChI is InChI=1S/C20H22N2O4S2/c1-15(23)21-16-7-9-19(10-8-16)27-13-20(24)22(17-5-3-2-4-6-17)18-11-12-28(25,26)14-18/h2-10,18H,11-14H2,1H3,(H,21,23)/t18-/m0/s1. The molecule has 0 bridgehead atoms. The highest BCUT2D eigenvalue weighted by molar-refractivity contribution is 8.00. The summed E-state index contributed by atoms with van der Waals surface area (Å²) in [6, 6.07) is 16.1. The number of rotatable bonds is 6. The summed E-state index contributed by atoms with van der Waals surface area (Å²) in [7, 11) is -3.10. The molecule has 0 spiro atoms. The molecule has 0 unspecified atom stereocenters. The summed E-state index contributed by atoms with van der Waals surface area (Å²) in [4.78, 5) is 26.6. The first-order valence-electron chi connectivity index (χ1n) is 8.92. The highest BCUT2D eigenvalue weighted by Crippen LogP contribution is 2.27. The van der Waals surface area contributed by atoms with Crippen molar-refractivity contribution in [1.29, 1.82) is 0 Å². The highest BCUT2D eigenvalue weighted by atomic mass is 32.2. The number of thioether (sulfide) groups is 1. The van der Waals surface area contributed by atoms with Gasteiger partial charge in [-0.3, -0.25) is 9.59 Å². The smallest absolute Gasteiger partial charge is 0.237 e. The van der Waals surface area contributed by atoms with Gasteiger partial charge in [-0.25, -0.2) is 8.42 Å². The molecule has 1 N–H and O–H groups in total. The third-order valence-corrected chi connectivity index (χ3v) is 7.16. The van der Waals surface area contributed by atoms with Crippen LogP contribution in [0.3, 0.4) is 0 Å². The lowest BCUT2D eigenvalue weighted by Gasteiger charge is -2.28. The number of para-hydroxylation sites is 1. The molecule has 2 aromatic rings. The maximum absolute atomic E-state index is 13.0. The summed E-state index contributed by atoms with van der Waals surface area (Å²) in [6.07, 6.45) is 0.457. The van der Waals surface area contributed by atoms with Crippen molar-refractivity contribution in [3.63, 3.8) is 0 Å². The molecule has 0 aromatic heterocycles. The van der Waals surface area contributed by atoms with Crippen LogP contribution in [0.4, 0.5) is 11.4 Å². The van der Waals surface area contributed by atoms with E-state index in [4.69, 9.17) is 0 Å². The van der Waals surface area contributed by atoms with Gasteiger partial charge >= 0.3 is 0 Å². The van der Waals surface area contributed by atoms with Crippen molar-refractivity contribution >= 4 is 44.8 Å². The normalized spacial score (nSPS) is 17.8. The van der Waals surface area contributed by atoms with Crippen molar-refractivity contribution in [3.05, 3.63) is 54.6 Å². The first kappa shape index (κ1) is 20.4. The summed E-state index contributed by atoms with van der Waals surface area (Å²) in [6.45, 7) is 1.45. The van der Waals surface area contributed by atoms with E-state index in [1.54, 1.807) is 17.0 Å². The monoisotopic (exact) mass is 418 g/mol. The molecule has 148 valence electrons. The SMILES string of the molecule is CC(=O)Nc1ccc(SCC(=O)N(c2ccccc2)[C@H]2CCS(=O)(=O)C2)cc1. The molecule has 2 amide bonds. The van der Waals surface area contributed by atoms with Gasteiger partial charge in [0.15, 0.2) is 9.84 Å². The maximum atomic E-state index is 13.0. The van der Waals surface area contributed by atoms with Gasteiger partial charge in [0.05, 0.1) is 23.3 Å². The van der Waals surface area contributed by atoms with Crippen LogP contribution in [0.1, 0.15) is 13.3 Å². The van der Waals surface area contributed by atoms with E-state index in [2.05, 4.69) is 5.32 Å². The van der Waals surface area contributed by atoms with Crippen LogP contribution in [0, 0.1) is 0 Å². The second-order valence-corrected chi connectivity index (χ2v) is 9.93.